The molecular formula is C32H33FN4O4. The van der Waals surface area contributed by atoms with Gasteiger partial charge in [-0.25, -0.2) is 9.07 Å². The van der Waals surface area contributed by atoms with Crippen molar-refractivity contribution < 1.29 is 23.5 Å². The summed E-state index contributed by atoms with van der Waals surface area (Å²) in [5.74, 6) is -1.49. The second kappa shape index (κ2) is 13.7. The van der Waals surface area contributed by atoms with Gasteiger partial charge in [-0.15, -0.1) is 0 Å². The normalized spacial score (nSPS) is 14.6. The van der Waals surface area contributed by atoms with Gasteiger partial charge in [0.25, 0.3) is 11.8 Å². The molecule has 0 atom stereocenters. The topological polar surface area (TPSA) is 97.4 Å². The molecule has 4 rings (SSSR count). The molecule has 0 N–H and O–H groups in total. The van der Waals surface area contributed by atoms with Crippen molar-refractivity contribution in [3.8, 4) is 28.8 Å². The lowest BCUT2D eigenvalue weighted by Gasteiger charge is -2.27. The maximum absolute atomic E-state index is 15.0. The molecule has 9 heteroatoms. The standard InChI is InChI=1S/C32H33FN4O4/c1-4-6-17-41-29-14-13-23(19-28(29)33)30-24(21-37(35-30)25-11-8-7-9-12-25)18-26-22(3)27(20-34)32(39)36(31(26)38)15-10-16-40-5-2/h7-9,11-14,18-19,21H,4-6,10,15-17H2,1-3H3/b26-18+. The number of benzene rings is 2. The summed E-state index contributed by atoms with van der Waals surface area (Å²) in [4.78, 5) is 27.6. The molecule has 0 spiro atoms. The number of amides is 2. The van der Waals surface area contributed by atoms with Crippen LogP contribution in [0.15, 0.2) is 71.4 Å². The van der Waals surface area contributed by atoms with Gasteiger partial charge in [0.1, 0.15) is 17.3 Å². The van der Waals surface area contributed by atoms with E-state index in [2.05, 4.69) is 0 Å². The molecule has 0 radical (unpaired) electrons. The van der Waals surface area contributed by atoms with E-state index >= 15 is 4.39 Å². The molecule has 0 saturated heterocycles. The van der Waals surface area contributed by atoms with Crippen LogP contribution in [-0.4, -0.2) is 52.9 Å². The second-order valence-corrected chi connectivity index (χ2v) is 9.54. The number of ether oxygens (including phenoxy) is 2. The number of aromatic nitrogens is 2. The van der Waals surface area contributed by atoms with Gasteiger partial charge in [-0.2, -0.15) is 10.4 Å². The summed E-state index contributed by atoms with van der Waals surface area (Å²) in [5, 5.41) is 14.5. The SMILES string of the molecule is CCCCOc1ccc(-c2nn(-c3ccccc3)cc2/C=C2/C(=O)N(CCCOCC)C(=O)C(C#N)=C2C)cc1F. The average molecular weight is 557 g/mol. The van der Waals surface area contributed by atoms with Crippen molar-refractivity contribution in [1.29, 1.82) is 5.26 Å². The van der Waals surface area contributed by atoms with Crippen molar-refractivity contribution in [1.82, 2.24) is 14.7 Å². The van der Waals surface area contributed by atoms with Crippen LogP contribution in [0.1, 0.15) is 45.6 Å². The number of hydrogen-bond donors (Lipinski definition) is 0. The Kier molecular flexibility index (Phi) is 9.82. The van der Waals surface area contributed by atoms with Crippen molar-refractivity contribution in [3.63, 3.8) is 0 Å². The van der Waals surface area contributed by atoms with Crippen LogP contribution in [0.4, 0.5) is 4.39 Å². The van der Waals surface area contributed by atoms with Crippen molar-refractivity contribution in [2.45, 2.75) is 40.0 Å². The van der Waals surface area contributed by atoms with E-state index in [1.807, 2.05) is 50.2 Å². The van der Waals surface area contributed by atoms with E-state index in [0.29, 0.717) is 43.1 Å². The average Bonchev–Trinajstić information content (AvgIpc) is 3.40. The Balaban J connectivity index is 1.80. The van der Waals surface area contributed by atoms with Crippen LogP contribution in [0.3, 0.4) is 0 Å². The van der Waals surface area contributed by atoms with Gasteiger partial charge in [-0.05, 0) is 68.7 Å². The lowest BCUT2D eigenvalue weighted by molar-refractivity contribution is -0.140. The molecule has 0 saturated carbocycles. The maximum Gasteiger partial charge on any atom is 0.271 e. The molecule has 1 aromatic heterocycles. The molecule has 8 nitrogen and oxygen atoms in total. The molecule has 0 fully saturated rings. The number of imide groups is 1. The zero-order valence-corrected chi connectivity index (χ0v) is 23.5. The first kappa shape index (κ1) is 29.4. The molecule has 41 heavy (non-hydrogen) atoms. The van der Waals surface area contributed by atoms with Crippen LogP contribution in [0, 0.1) is 17.1 Å². The Bertz CT molecular complexity index is 1520. The lowest BCUT2D eigenvalue weighted by atomic mass is 9.93. The van der Waals surface area contributed by atoms with E-state index in [0.717, 1.165) is 23.4 Å². The highest BCUT2D eigenvalue weighted by Gasteiger charge is 2.35. The van der Waals surface area contributed by atoms with Crippen LogP contribution in [0.5, 0.6) is 5.75 Å². The predicted octanol–water partition coefficient (Wildman–Crippen LogP) is 5.88. The van der Waals surface area contributed by atoms with Gasteiger partial charge < -0.3 is 9.47 Å². The molecular weight excluding hydrogens is 523 g/mol. The first-order valence-corrected chi connectivity index (χ1v) is 13.7. The van der Waals surface area contributed by atoms with Crippen LogP contribution in [-0.2, 0) is 14.3 Å². The fraction of sp³-hybridized carbons (Fsp3) is 0.312. The number of nitriles is 1. The van der Waals surface area contributed by atoms with Gasteiger partial charge in [-0.3, -0.25) is 14.5 Å². The molecule has 0 unspecified atom stereocenters. The summed E-state index contributed by atoms with van der Waals surface area (Å²) in [7, 11) is 0. The van der Waals surface area contributed by atoms with Gasteiger partial charge >= 0.3 is 0 Å². The molecule has 3 aromatic rings. The Labute approximate surface area is 239 Å². The van der Waals surface area contributed by atoms with Gasteiger partial charge in [-0.1, -0.05) is 31.5 Å². The minimum absolute atomic E-state index is 0.0936. The van der Waals surface area contributed by atoms with E-state index in [1.165, 1.54) is 6.07 Å². The highest BCUT2D eigenvalue weighted by atomic mass is 19.1. The summed E-state index contributed by atoms with van der Waals surface area (Å²) in [6, 6.07) is 16.0. The Morgan fingerprint density at radius 2 is 1.83 bits per heavy atom. The van der Waals surface area contributed by atoms with Crippen molar-refractivity contribution in [2.24, 2.45) is 0 Å². The van der Waals surface area contributed by atoms with E-state index < -0.39 is 17.6 Å². The van der Waals surface area contributed by atoms with Crippen LogP contribution >= 0.6 is 0 Å². The second-order valence-electron chi connectivity index (χ2n) is 9.54. The van der Waals surface area contributed by atoms with E-state index in [1.54, 1.807) is 36.0 Å². The number of para-hydroxylation sites is 1. The number of hydrogen-bond acceptors (Lipinski definition) is 6. The van der Waals surface area contributed by atoms with E-state index in [-0.39, 0.29) is 29.0 Å². The molecule has 0 aliphatic carbocycles. The summed E-state index contributed by atoms with van der Waals surface area (Å²) in [5.41, 5.74) is 2.60. The number of halogens is 1. The lowest BCUT2D eigenvalue weighted by Crippen LogP contribution is -2.43. The third-order valence-electron chi connectivity index (χ3n) is 6.72. The first-order valence-electron chi connectivity index (χ1n) is 13.7. The molecule has 0 bridgehead atoms. The first-order chi connectivity index (χ1) is 19.9. The molecule has 2 amide bonds. The van der Waals surface area contributed by atoms with Gasteiger partial charge in [0.15, 0.2) is 11.6 Å². The summed E-state index contributed by atoms with van der Waals surface area (Å²) in [6.45, 7) is 6.93. The maximum atomic E-state index is 15.0. The Morgan fingerprint density at radius 1 is 1.05 bits per heavy atom. The Hall–Kier alpha value is -4.55. The van der Waals surface area contributed by atoms with Crippen molar-refractivity contribution >= 4 is 17.9 Å². The molecule has 1 aliphatic heterocycles. The molecule has 2 aromatic carbocycles. The quantitative estimate of drug-likeness (QED) is 0.157. The van der Waals surface area contributed by atoms with E-state index in [4.69, 9.17) is 14.6 Å². The van der Waals surface area contributed by atoms with Gasteiger partial charge in [0.2, 0.25) is 0 Å². The largest absolute Gasteiger partial charge is 0.491 e. The predicted molar refractivity (Wildman–Crippen MR) is 153 cm³/mol. The minimum Gasteiger partial charge on any atom is -0.491 e. The van der Waals surface area contributed by atoms with Gasteiger partial charge in [0, 0.05) is 42.7 Å². The number of unbranched alkanes of at least 4 members (excludes halogenated alkanes) is 1. The zero-order valence-electron chi connectivity index (χ0n) is 23.5. The fourth-order valence-corrected chi connectivity index (χ4v) is 4.48. The number of carbonyl (C=O) groups is 2. The molecule has 1 aliphatic rings. The summed E-state index contributed by atoms with van der Waals surface area (Å²) >= 11 is 0. The van der Waals surface area contributed by atoms with Crippen LogP contribution < -0.4 is 4.74 Å². The minimum atomic E-state index is -0.621. The number of nitrogens with zero attached hydrogens (tertiary/aromatic N) is 4. The summed E-state index contributed by atoms with van der Waals surface area (Å²) < 4.78 is 27.6. The zero-order chi connectivity index (χ0) is 29.4. The fourth-order valence-electron chi connectivity index (χ4n) is 4.48. The van der Waals surface area contributed by atoms with Crippen LogP contribution in [0.25, 0.3) is 23.0 Å². The van der Waals surface area contributed by atoms with Crippen molar-refractivity contribution in [3.05, 3.63) is 82.8 Å². The van der Waals surface area contributed by atoms with E-state index in [9.17, 15) is 14.9 Å². The van der Waals surface area contributed by atoms with Crippen LogP contribution in [0.2, 0.25) is 0 Å². The van der Waals surface area contributed by atoms with Crippen molar-refractivity contribution in [2.75, 3.05) is 26.4 Å². The third-order valence-corrected chi connectivity index (χ3v) is 6.72. The number of carbonyl (C=O) groups excluding carboxylic acids is 2. The molecule has 212 valence electrons. The third kappa shape index (κ3) is 6.61. The highest BCUT2D eigenvalue weighted by Crippen LogP contribution is 2.33. The van der Waals surface area contributed by atoms with Gasteiger partial charge in [0.05, 0.1) is 12.3 Å². The highest BCUT2D eigenvalue weighted by molar-refractivity contribution is 6.19. The number of rotatable bonds is 12. The monoisotopic (exact) mass is 556 g/mol. The molecule has 2 heterocycles. The Morgan fingerprint density at radius 3 is 2.51 bits per heavy atom. The summed E-state index contributed by atoms with van der Waals surface area (Å²) in [6.07, 6.45) is 5.55. The smallest absolute Gasteiger partial charge is 0.271 e.